The monoisotopic (exact) mass is 412 g/mol. The number of amides is 1. The van der Waals surface area contributed by atoms with Crippen LogP contribution in [0.5, 0.6) is 5.75 Å². The van der Waals surface area contributed by atoms with Gasteiger partial charge in [0.15, 0.2) is 0 Å². The van der Waals surface area contributed by atoms with Crippen LogP contribution in [0.25, 0.3) is 0 Å². The van der Waals surface area contributed by atoms with E-state index in [1.165, 1.54) is 10.5 Å². The molecule has 0 unspecified atom stereocenters. The molecule has 1 amide bonds. The zero-order chi connectivity index (χ0) is 19.9. The van der Waals surface area contributed by atoms with Gasteiger partial charge in [-0.3, -0.25) is 4.79 Å². The van der Waals surface area contributed by atoms with Crippen LogP contribution < -0.4 is 15.1 Å². The molecule has 7 heteroatoms. The molecule has 4 rings (SSSR count). The Morgan fingerprint density at radius 2 is 2.00 bits per heavy atom. The molecule has 2 fully saturated rings. The summed E-state index contributed by atoms with van der Waals surface area (Å²) in [5.74, 6) is 2.70. The minimum atomic E-state index is -0.217. The molecule has 0 atom stereocenters. The number of hydrogen-bond donors (Lipinski definition) is 2. The van der Waals surface area contributed by atoms with Crippen molar-refractivity contribution in [1.82, 2.24) is 5.43 Å². The van der Waals surface area contributed by atoms with Gasteiger partial charge in [0.1, 0.15) is 31.5 Å². The predicted molar refractivity (Wildman–Crippen MR) is 115 cm³/mol. The molecule has 0 aliphatic carbocycles. The highest BCUT2D eigenvalue weighted by molar-refractivity contribution is 8.00. The zero-order valence-electron chi connectivity index (χ0n) is 16.3. The molecule has 2 heterocycles. The average molecular weight is 413 g/mol. The highest BCUT2D eigenvalue weighted by Crippen LogP contribution is 2.24. The lowest BCUT2D eigenvalue weighted by Gasteiger charge is -2.25. The molecule has 0 bridgehead atoms. The third kappa shape index (κ3) is 5.82. The molecule has 2 N–H and O–H groups in total. The molecule has 29 heavy (non-hydrogen) atoms. The Labute approximate surface area is 175 Å². The van der Waals surface area contributed by atoms with Crippen molar-refractivity contribution in [2.75, 3.05) is 37.8 Å². The number of quaternary nitrogens is 1. The van der Waals surface area contributed by atoms with Crippen LogP contribution in [-0.2, 0) is 11.3 Å². The molecule has 2 aliphatic rings. The number of carbonyl (C=O) groups is 1. The summed E-state index contributed by atoms with van der Waals surface area (Å²) >= 11 is 1.89. The molecule has 6 nitrogen and oxygen atoms in total. The maximum Gasteiger partial charge on any atom is 0.271 e. The van der Waals surface area contributed by atoms with E-state index in [1.54, 1.807) is 6.21 Å². The Bertz CT molecular complexity index is 847. The van der Waals surface area contributed by atoms with E-state index >= 15 is 0 Å². The van der Waals surface area contributed by atoms with Gasteiger partial charge in [-0.15, -0.1) is 0 Å². The molecule has 0 saturated carbocycles. The number of hydrazone groups is 1. The van der Waals surface area contributed by atoms with E-state index in [1.807, 2.05) is 60.3 Å². The van der Waals surface area contributed by atoms with Gasteiger partial charge in [0.05, 0.1) is 19.4 Å². The van der Waals surface area contributed by atoms with Crippen LogP contribution in [0.4, 0.5) is 0 Å². The molecular weight excluding hydrogens is 386 g/mol. The number of morpholine rings is 1. The number of thioether (sulfide) groups is 1. The highest BCUT2D eigenvalue weighted by atomic mass is 32.2. The van der Waals surface area contributed by atoms with Crippen LogP contribution in [0, 0.1) is 0 Å². The van der Waals surface area contributed by atoms with Crippen molar-refractivity contribution < 1.29 is 19.2 Å². The smallest absolute Gasteiger partial charge is 0.271 e. The van der Waals surface area contributed by atoms with Crippen molar-refractivity contribution in [1.29, 1.82) is 0 Å². The van der Waals surface area contributed by atoms with Gasteiger partial charge in [-0.1, -0.05) is 24.3 Å². The van der Waals surface area contributed by atoms with Crippen LogP contribution in [0.3, 0.4) is 0 Å². The number of benzene rings is 2. The minimum absolute atomic E-state index is 0.217. The van der Waals surface area contributed by atoms with Gasteiger partial charge in [-0.25, -0.2) is 5.43 Å². The van der Waals surface area contributed by atoms with E-state index in [2.05, 4.69) is 10.5 Å². The Morgan fingerprint density at radius 3 is 2.72 bits per heavy atom. The average Bonchev–Trinajstić information content (AvgIpc) is 2.72. The maximum absolute atomic E-state index is 12.3. The van der Waals surface area contributed by atoms with E-state index in [0.29, 0.717) is 11.7 Å². The second-order valence-corrected chi connectivity index (χ2v) is 8.36. The largest absolute Gasteiger partial charge is 0.489 e. The first-order valence-electron chi connectivity index (χ1n) is 9.94. The van der Waals surface area contributed by atoms with E-state index in [-0.39, 0.29) is 5.91 Å². The molecule has 2 saturated heterocycles. The normalized spacial score (nSPS) is 17.8. The second-order valence-electron chi connectivity index (χ2n) is 7.29. The summed E-state index contributed by atoms with van der Waals surface area (Å²) in [6.45, 7) is 4.66. The van der Waals surface area contributed by atoms with Crippen molar-refractivity contribution in [3.63, 3.8) is 0 Å². The lowest BCUT2D eigenvalue weighted by atomic mass is 10.1. The summed E-state index contributed by atoms with van der Waals surface area (Å²) < 4.78 is 11.3. The van der Waals surface area contributed by atoms with E-state index < -0.39 is 0 Å². The number of nitrogens with one attached hydrogen (secondary N) is 2. The number of ether oxygens (including phenoxy) is 2. The van der Waals surface area contributed by atoms with Gasteiger partial charge >= 0.3 is 0 Å². The van der Waals surface area contributed by atoms with E-state index in [0.717, 1.165) is 55.7 Å². The zero-order valence-corrected chi connectivity index (χ0v) is 17.1. The van der Waals surface area contributed by atoms with Crippen molar-refractivity contribution in [3.05, 3.63) is 65.2 Å². The lowest BCUT2D eigenvalue weighted by Crippen LogP contribution is -3.12. The fourth-order valence-electron chi connectivity index (χ4n) is 3.27. The summed E-state index contributed by atoms with van der Waals surface area (Å²) in [5.41, 5.74) is 5.31. The second kappa shape index (κ2) is 9.91. The van der Waals surface area contributed by atoms with Gasteiger partial charge in [-0.05, 0) is 29.8 Å². The van der Waals surface area contributed by atoms with Gasteiger partial charge in [-0.2, -0.15) is 16.9 Å². The van der Waals surface area contributed by atoms with Crippen molar-refractivity contribution in [3.8, 4) is 5.75 Å². The Balaban J connectivity index is 1.28. The number of carbonyl (C=O) groups excluding carboxylic acids is 1. The van der Waals surface area contributed by atoms with E-state index in [4.69, 9.17) is 9.47 Å². The fourth-order valence-corrected chi connectivity index (χ4v) is 3.84. The summed E-state index contributed by atoms with van der Waals surface area (Å²) in [6, 6.07) is 15.5. The van der Waals surface area contributed by atoms with Crippen LogP contribution >= 0.6 is 11.8 Å². The number of nitrogens with zero attached hydrogens (tertiary/aromatic N) is 1. The lowest BCUT2D eigenvalue weighted by molar-refractivity contribution is -0.921. The van der Waals surface area contributed by atoms with Crippen molar-refractivity contribution in [2.24, 2.45) is 5.10 Å². The summed E-state index contributed by atoms with van der Waals surface area (Å²) in [4.78, 5) is 13.8. The first-order valence-corrected chi connectivity index (χ1v) is 11.1. The van der Waals surface area contributed by atoms with Gasteiger partial charge in [0.2, 0.25) is 0 Å². The van der Waals surface area contributed by atoms with Crippen molar-refractivity contribution in [2.45, 2.75) is 12.6 Å². The van der Waals surface area contributed by atoms with Crippen molar-refractivity contribution >= 4 is 23.9 Å². The fraction of sp³-hybridized carbons (Fsp3) is 0.364. The molecule has 0 radical (unpaired) electrons. The van der Waals surface area contributed by atoms with Crippen LogP contribution in [0.1, 0.15) is 21.5 Å². The molecule has 2 aromatic carbocycles. The predicted octanol–water partition coefficient (Wildman–Crippen LogP) is 1.36. The Kier molecular flexibility index (Phi) is 6.82. The first kappa shape index (κ1) is 19.9. The molecule has 2 aliphatic heterocycles. The van der Waals surface area contributed by atoms with Crippen LogP contribution in [-0.4, -0.2) is 56.0 Å². The van der Waals surface area contributed by atoms with Gasteiger partial charge in [0.25, 0.3) is 5.91 Å². The third-order valence-electron chi connectivity index (χ3n) is 5.02. The number of rotatable bonds is 7. The molecule has 0 spiro atoms. The highest BCUT2D eigenvalue weighted by Gasteiger charge is 2.19. The maximum atomic E-state index is 12.3. The summed E-state index contributed by atoms with van der Waals surface area (Å²) in [6.07, 6.45) is 1.94. The summed E-state index contributed by atoms with van der Waals surface area (Å²) in [5, 5.41) is 4.09. The molecular formula is C22H26N3O3S+. The van der Waals surface area contributed by atoms with Gasteiger partial charge < -0.3 is 14.4 Å². The SMILES string of the molecule is O=C(N/N=C\c1cccc(OC2CSC2)c1)c1ccc(C[NH+]2CCOCC2)cc1. The molecule has 2 aromatic rings. The Morgan fingerprint density at radius 1 is 1.21 bits per heavy atom. The molecule has 0 aromatic heterocycles. The van der Waals surface area contributed by atoms with Crippen LogP contribution in [0.15, 0.2) is 53.6 Å². The standard InChI is InChI=1S/C22H25N3O3S/c26-22(19-6-4-17(5-7-19)14-25-8-10-27-11-9-25)24-23-13-18-2-1-3-20(12-18)28-21-15-29-16-21/h1-7,12-13,21H,8-11,14-16H2,(H,24,26)/p+1/b23-13-. The van der Waals surface area contributed by atoms with Crippen LogP contribution in [0.2, 0.25) is 0 Å². The topological polar surface area (TPSA) is 64.4 Å². The molecule has 152 valence electrons. The first-order chi connectivity index (χ1) is 14.3. The summed E-state index contributed by atoms with van der Waals surface area (Å²) in [7, 11) is 0. The quantitative estimate of drug-likeness (QED) is 0.533. The van der Waals surface area contributed by atoms with Gasteiger partial charge in [0, 0.05) is 22.6 Å². The number of hydrogen-bond acceptors (Lipinski definition) is 5. The minimum Gasteiger partial charge on any atom is -0.489 e. The van der Waals surface area contributed by atoms with E-state index in [9.17, 15) is 4.79 Å². The Hall–Kier alpha value is -2.35. The third-order valence-corrected chi connectivity index (χ3v) is 6.23.